The summed E-state index contributed by atoms with van der Waals surface area (Å²) in [6, 6.07) is 0. The molecule has 0 bridgehead atoms. The Morgan fingerprint density at radius 3 is 2.33 bits per heavy atom. The lowest BCUT2D eigenvalue weighted by molar-refractivity contribution is -0.171. The third kappa shape index (κ3) is 1.09. The van der Waals surface area contributed by atoms with Gasteiger partial charge in [-0.25, -0.2) is 0 Å². The summed E-state index contributed by atoms with van der Waals surface area (Å²) in [5.41, 5.74) is -1.28. The molecule has 0 aromatic heterocycles. The van der Waals surface area contributed by atoms with Crippen molar-refractivity contribution in [1.29, 1.82) is 0 Å². The van der Waals surface area contributed by atoms with Gasteiger partial charge in [-0.15, -0.1) is 0 Å². The molecule has 1 saturated carbocycles. The second-order valence-corrected chi connectivity index (χ2v) is 2.81. The zero-order valence-corrected chi connectivity index (χ0v) is 6.58. The fraction of sp³-hybridized carbons (Fsp3) is 0.500. The molecule has 1 fully saturated rings. The summed E-state index contributed by atoms with van der Waals surface area (Å²) < 4.78 is 4.45. The standard InChI is InChI=1S/C8H10O4/c1-2-12-7(11)8(6(9)10)4-3-5-8/h2H,1,3-5H2,(H,9,10). The number of rotatable bonds is 3. The number of esters is 1. The van der Waals surface area contributed by atoms with E-state index in [-0.39, 0.29) is 0 Å². The first-order valence-corrected chi connectivity index (χ1v) is 3.69. The van der Waals surface area contributed by atoms with Crippen molar-refractivity contribution in [1.82, 2.24) is 0 Å². The highest BCUT2D eigenvalue weighted by Crippen LogP contribution is 2.42. The minimum absolute atomic E-state index is 0.370. The second kappa shape index (κ2) is 2.97. The number of carbonyl (C=O) groups excluding carboxylic acids is 1. The first-order chi connectivity index (χ1) is 5.63. The van der Waals surface area contributed by atoms with Crippen LogP contribution >= 0.6 is 0 Å². The maximum Gasteiger partial charge on any atom is 0.328 e. The van der Waals surface area contributed by atoms with Crippen LogP contribution in [0.2, 0.25) is 0 Å². The molecule has 0 saturated heterocycles. The number of carboxylic acids is 1. The molecule has 0 aliphatic heterocycles. The molecule has 0 aromatic carbocycles. The van der Waals surface area contributed by atoms with Crippen LogP contribution in [0.4, 0.5) is 0 Å². The molecule has 4 heteroatoms. The molecular weight excluding hydrogens is 160 g/mol. The summed E-state index contributed by atoms with van der Waals surface area (Å²) in [5, 5.41) is 8.75. The van der Waals surface area contributed by atoms with Gasteiger partial charge in [0.2, 0.25) is 0 Å². The molecular formula is C8H10O4. The molecule has 1 aliphatic carbocycles. The van der Waals surface area contributed by atoms with Gasteiger partial charge < -0.3 is 9.84 Å². The van der Waals surface area contributed by atoms with Crippen molar-refractivity contribution < 1.29 is 19.4 Å². The van der Waals surface area contributed by atoms with Gasteiger partial charge >= 0.3 is 11.9 Å². The number of carboxylic acid groups (broad SMARTS) is 1. The molecule has 0 heterocycles. The summed E-state index contributed by atoms with van der Waals surface area (Å²) in [6.45, 7) is 3.20. The smallest absolute Gasteiger partial charge is 0.328 e. The van der Waals surface area contributed by atoms with Crippen molar-refractivity contribution in [2.45, 2.75) is 19.3 Å². The molecule has 0 radical (unpaired) electrons. The van der Waals surface area contributed by atoms with E-state index in [2.05, 4.69) is 11.3 Å². The monoisotopic (exact) mass is 170 g/mol. The van der Waals surface area contributed by atoms with E-state index in [4.69, 9.17) is 5.11 Å². The van der Waals surface area contributed by atoms with Crippen LogP contribution in [0, 0.1) is 5.41 Å². The van der Waals surface area contributed by atoms with Crippen LogP contribution < -0.4 is 0 Å². The molecule has 1 N–H and O–H groups in total. The highest BCUT2D eigenvalue weighted by Gasteiger charge is 2.52. The van der Waals surface area contributed by atoms with Crippen molar-refractivity contribution in [3.63, 3.8) is 0 Å². The van der Waals surface area contributed by atoms with Crippen LogP contribution in [0.5, 0.6) is 0 Å². The van der Waals surface area contributed by atoms with Crippen LogP contribution in [0.3, 0.4) is 0 Å². The molecule has 4 nitrogen and oxygen atoms in total. The van der Waals surface area contributed by atoms with Crippen molar-refractivity contribution in [2.24, 2.45) is 5.41 Å². The number of hydrogen-bond donors (Lipinski definition) is 1. The predicted molar refractivity (Wildman–Crippen MR) is 40.2 cm³/mol. The van der Waals surface area contributed by atoms with Gasteiger partial charge in [-0.3, -0.25) is 9.59 Å². The van der Waals surface area contributed by atoms with Gasteiger partial charge in [0.15, 0.2) is 5.41 Å². The number of hydrogen-bond acceptors (Lipinski definition) is 3. The maximum absolute atomic E-state index is 11.1. The minimum atomic E-state index is -1.28. The Balaban J connectivity index is 2.73. The highest BCUT2D eigenvalue weighted by molar-refractivity contribution is 6.00. The fourth-order valence-electron chi connectivity index (χ4n) is 1.22. The predicted octanol–water partition coefficient (Wildman–Crippen LogP) is 0.928. The average Bonchev–Trinajstić information content (AvgIpc) is 1.83. The first-order valence-electron chi connectivity index (χ1n) is 3.69. The molecule has 0 unspecified atom stereocenters. The molecule has 0 atom stereocenters. The van der Waals surface area contributed by atoms with Crippen molar-refractivity contribution in [3.05, 3.63) is 12.8 Å². The third-order valence-corrected chi connectivity index (χ3v) is 2.20. The van der Waals surface area contributed by atoms with Crippen LogP contribution in [-0.4, -0.2) is 17.0 Å². The van der Waals surface area contributed by atoms with E-state index >= 15 is 0 Å². The first kappa shape index (κ1) is 8.77. The zero-order valence-electron chi connectivity index (χ0n) is 6.58. The van der Waals surface area contributed by atoms with E-state index in [1.807, 2.05) is 0 Å². The SMILES string of the molecule is C=COC(=O)C1(C(=O)O)CCC1. The fourth-order valence-corrected chi connectivity index (χ4v) is 1.22. The number of carbonyl (C=O) groups is 2. The van der Waals surface area contributed by atoms with E-state index in [9.17, 15) is 9.59 Å². The third-order valence-electron chi connectivity index (χ3n) is 2.20. The molecule has 0 amide bonds. The Bertz CT molecular complexity index is 227. The normalized spacial score (nSPS) is 19.0. The van der Waals surface area contributed by atoms with Crippen molar-refractivity contribution in [2.75, 3.05) is 0 Å². The van der Waals surface area contributed by atoms with Gasteiger partial charge in [-0.2, -0.15) is 0 Å². The average molecular weight is 170 g/mol. The van der Waals surface area contributed by atoms with Crippen molar-refractivity contribution >= 4 is 11.9 Å². The highest BCUT2D eigenvalue weighted by atomic mass is 16.5. The summed E-state index contributed by atoms with van der Waals surface area (Å²) in [4.78, 5) is 21.8. The second-order valence-electron chi connectivity index (χ2n) is 2.81. The molecule has 1 aliphatic rings. The van der Waals surface area contributed by atoms with Crippen LogP contribution in [0.25, 0.3) is 0 Å². The molecule has 12 heavy (non-hydrogen) atoms. The van der Waals surface area contributed by atoms with E-state index in [0.29, 0.717) is 12.8 Å². The molecule has 1 rings (SSSR count). The topological polar surface area (TPSA) is 63.6 Å². The molecule has 0 aromatic rings. The quantitative estimate of drug-likeness (QED) is 0.388. The van der Waals surface area contributed by atoms with Crippen LogP contribution in [0.1, 0.15) is 19.3 Å². The van der Waals surface area contributed by atoms with Gasteiger partial charge in [0.05, 0.1) is 6.26 Å². The van der Waals surface area contributed by atoms with Gasteiger partial charge in [0, 0.05) is 0 Å². The van der Waals surface area contributed by atoms with Gasteiger partial charge in [0.1, 0.15) is 0 Å². The van der Waals surface area contributed by atoms with E-state index < -0.39 is 17.4 Å². The Morgan fingerprint density at radius 1 is 1.50 bits per heavy atom. The van der Waals surface area contributed by atoms with E-state index in [1.165, 1.54) is 0 Å². The molecule has 66 valence electrons. The Kier molecular flexibility index (Phi) is 2.17. The van der Waals surface area contributed by atoms with Gasteiger partial charge in [-0.1, -0.05) is 6.58 Å². The Morgan fingerprint density at radius 2 is 2.08 bits per heavy atom. The molecule has 0 spiro atoms. The minimum Gasteiger partial charge on any atom is -0.480 e. The van der Waals surface area contributed by atoms with Crippen LogP contribution in [0.15, 0.2) is 12.8 Å². The summed E-state index contributed by atoms with van der Waals surface area (Å²) in [7, 11) is 0. The van der Waals surface area contributed by atoms with Gasteiger partial charge in [0.25, 0.3) is 0 Å². The lowest BCUT2D eigenvalue weighted by atomic mass is 9.69. The Labute approximate surface area is 69.8 Å². The lowest BCUT2D eigenvalue weighted by Gasteiger charge is -2.34. The van der Waals surface area contributed by atoms with E-state index in [0.717, 1.165) is 12.7 Å². The van der Waals surface area contributed by atoms with Gasteiger partial charge in [-0.05, 0) is 19.3 Å². The lowest BCUT2D eigenvalue weighted by Crippen LogP contribution is -2.45. The largest absolute Gasteiger partial charge is 0.480 e. The maximum atomic E-state index is 11.1. The zero-order chi connectivity index (χ0) is 9.19. The van der Waals surface area contributed by atoms with E-state index in [1.54, 1.807) is 0 Å². The summed E-state index contributed by atoms with van der Waals surface area (Å²) in [6.07, 6.45) is 2.47. The van der Waals surface area contributed by atoms with Crippen molar-refractivity contribution in [3.8, 4) is 0 Å². The Hall–Kier alpha value is -1.32. The number of aliphatic carboxylic acids is 1. The summed E-state index contributed by atoms with van der Waals surface area (Å²) in [5.74, 6) is -1.79. The summed E-state index contributed by atoms with van der Waals surface area (Å²) >= 11 is 0. The number of ether oxygens (including phenoxy) is 1. The van der Waals surface area contributed by atoms with Crippen LogP contribution in [-0.2, 0) is 14.3 Å².